The van der Waals surface area contributed by atoms with Crippen LogP contribution in [0.4, 0.5) is 0 Å². The van der Waals surface area contributed by atoms with Crippen molar-refractivity contribution in [1.29, 1.82) is 0 Å². The molecule has 19 heavy (non-hydrogen) atoms. The van der Waals surface area contributed by atoms with E-state index in [0.717, 1.165) is 12.8 Å². The molecule has 0 saturated heterocycles. The third kappa shape index (κ3) is 2.98. The number of aliphatic hydroxyl groups is 1. The van der Waals surface area contributed by atoms with Crippen LogP contribution in [0.15, 0.2) is 18.2 Å². The fourth-order valence-electron chi connectivity index (χ4n) is 1.92. The zero-order chi connectivity index (χ0) is 13.9. The SMILES string of the molecule is COc1ccc(OC)c(C(=O)NCC2(CO)CC2)c1. The lowest BCUT2D eigenvalue weighted by atomic mass is 10.1. The van der Waals surface area contributed by atoms with Crippen LogP contribution in [0.1, 0.15) is 23.2 Å². The highest BCUT2D eigenvalue weighted by atomic mass is 16.5. The maximum Gasteiger partial charge on any atom is 0.255 e. The van der Waals surface area contributed by atoms with E-state index >= 15 is 0 Å². The summed E-state index contributed by atoms with van der Waals surface area (Å²) >= 11 is 0. The molecule has 1 aromatic carbocycles. The maximum atomic E-state index is 12.2. The van der Waals surface area contributed by atoms with Gasteiger partial charge in [-0.1, -0.05) is 0 Å². The van der Waals surface area contributed by atoms with Crippen LogP contribution in [0.25, 0.3) is 0 Å². The Morgan fingerprint density at radius 3 is 2.63 bits per heavy atom. The molecule has 5 nitrogen and oxygen atoms in total. The van der Waals surface area contributed by atoms with Gasteiger partial charge < -0.3 is 19.9 Å². The Labute approximate surface area is 112 Å². The molecule has 0 spiro atoms. The highest BCUT2D eigenvalue weighted by molar-refractivity contribution is 5.97. The lowest BCUT2D eigenvalue weighted by Gasteiger charge is -2.14. The van der Waals surface area contributed by atoms with Crippen molar-refractivity contribution < 1.29 is 19.4 Å². The number of benzene rings is 1. The molecule has 2 N–H and O–H groups in total. The van der Waals surface area contributed by atoms with Crippen LogP contribution in [0.3, 0.4) is 0 Å². The third-order valence-electron chi connectivity index (χ3n) is 3.57. The van der Waals surface area contributed by atoms with Crippen LogP contribution >= 0.6 is 0 Å². The van der Waals surface area contributed by atoms with Crippen LogP contribution in [-0.2, 0) is 0 Å². The Morgan fingerprint density at radius 1 is 1.37 bits per heavy atom. The van der Waals surface area contributed by atoms with E-state index in [4.69, 9.17) is 9.47 Å². The average molecular weight is 265 g/mol. The Bertz CT molecular complexity index is 469. The first kappa shape index (κ1) is 13.7. The summed E-state index contributed by atoms with van der Waals surface area (Å²) < 4.78 is 10.3. The first-order chi connectivity index (χ1) is 9.14. The van der Waals surface area contributed by atoms with E-state index in [0.29, 0.717) is 23.6 Å². The number of hydrogen-bond acceptors (Lipinski definition) is 4. The summed E-state index contributed by atoms with van der Waals surface area (Å²) in [6.07, 6.45) is 1.91. The monoisotopic (exact) mass is 265 g/mol. The van der Waals surface area contributed by atoms with E-state index in [1.54, 1.807) is 25.3 Å². The number of hydrogen-bond donors (Lipinski definition) is 2. The van der Waals surface area contributed by atoms with Crippen molar-refractivity contribution in [3.05, 3.63) is 23.8 Å². The number of ether oxygens (including phenoxy) is 2. The molecule has 2 rings (SSSR count). The van der Waals surface area contributed by atoms with Crippen molar-refractivity contribution in [2.45, 2.75) is 12.8 Å². The molecule has 0 atom stereocenters. The summed E-state index contributed by atoms with van der Waals surface area (Å²) in [5.74, 6) is 0.900. The van der Waals surface area contributed by atoms with Crippen molar-refractivity contribution >= 4 is 5.91 Å². The van der Waals surface area contributed by atoms with Gasteiger partial charge in [0.1, 0.15) is 11.5 Å². The molecular formula is C14H19NO4. The third-order valence-corrected chi connectivity index (χ3v) is 3.57. The summed E-state index contributed by atoms with van der Waals surface area (Å²) in [6.45, 7) is 0.602. The molecule has 104 valence electrons. The molecule has 5 heteroatoms. The summed E-state index contributed by atoms with van der Waals surface area (Å²) in [5.41, 5.74) is 0.331. The standard InChI is InChI=1S/C14H19NO4/c1-18-10-3-4-12(19-2)11(7-10)13(17)15-8-14(9-16)5-6-14/h3-4,7,16H,5-6,8-9H2,1-2H3,(H,15,17). The minimum atomic E-state index is -0.213. The van der Waals surface area contributed by atoms with Gasteiger partial charge in [-0.05, 0) is 31.0 Å². The Balaban J connectivity index is 2.08. The molecule has 0 unspecified atom stereocenters. The van der Waals surface area contributed by atoms with Gasteiger partial charge in [0.2, 0.25) is 0 Å². The predicted octanol–water partition coefficient (Wildman–Crippen LogP) is 1.21. The Hall–Kier alpha value is -1.75. The van der Waals surface area contributed by atoms with Crippen molar-refractivity contribution in [1.82, 2.24) is 5.32 Å². The summed E-state index contributed by atoms with van der Waals surface area (Å²) in [7, 11) is 3.07. The molecule has 0 radical (unpaired) electrons. The van der Waals surface area contributed by atoms with Crippen LogP contribution in [0.5, 0.6) is 11.5 Å². The highest BCUT2D eigenvalue weighted by Crippen LogP contribution is 2.44. The molecule has 1 aliphatic carbocycles. The van der Waals surface area contributed by atoms with E-state index in [1.165, 1.54) is 7.11 Å². The molecule has 1 amide bonds. The van der Waals surface area contributed by atoms with Gasteiger partial charge >= 0.3 is 0 Å². The summed E-state index contributed by atoms with van der Waals surface area (Å²) in [6, 6.07) is 5.09. The van der Waals surface area contributed by atoms with Gasteiger partial charge in [0.05, 0.1) is 26.4 Å². The molecule has 0 aromatic heterocycles. The number of carbonyl (C=O) groups is 1. The second kappa shape index (κ2) is 5.48. The van der Waals surface area contributed by atoms with Gasteiger partial charge in [0, 0.05) is 12.0 Å². The Morgan fingerprint density at radius 2 is 2.11 bits per heavy atom. The summed E-state index contributed by atoms with van der Waals surface area (Å²) in [5, 5.41) is 12.1. The van der Waals surface area contributed by atoms with E-state index in [9.17, 15) is 9.90 Å². The maximum absolute atomic E-state index is 12.2. The molecule has 1 fully saturated rings. The number of rotatable bonds is 6. The van der Waals surface area contributed by atoms with Crippen LogP contribution in [0, 0.1) is 5.41 Å². The largest absolute Gasteiger partial charge is 0.497 e. The second-order valence-corrected chi connectivity index (χ2v) is 4.91. The van der Waals surface area contributed by atoms with Gasteiger partial charge in [0.25, 0.3) is 5.91 Å². The molecule has 0 aliphatic heterocycles. The minimum Gasteiger partial charge on any atom is -0.497 e. The predicted molar refractivity (Wildman–Crippen MR) is 70.6 cm³/mol. The van der Waals surface area contributed by atoms with Crippen molar-refractivity contribution in [3.63, 3.8) is 0 Å². The van der Waals surface area contributed by atoms with Crippen LogP contribution in [0.2, 0.25) is 0 Å². The lowest BCUT2D eigenvalue weighted by molar-refractivity contribution is 0.0932. The normalized spacial score (nSPS) is 15.7. The highest BCUT2D eigenvalue weighted by Gasteiger charge is 2.42. The number of nitrogens with one attached hydrogen (secondary N) is 1. The van der Waals surface area contributed by atoms with E-state index in [-0.39, 0.29) is 17.9 Å². The van der Waals surface area contributed by atoms with Crippen molar-refractivity contribution in [2.24, 2.45) is 5.41 Å². The van der Waals surface area contributed by atoms with E-state index < -0.39 is 0 Å². The average Bonchev–Trinajstić information content (AvgIpc) is 3.24. The zero-order valence-electron chi connectivity index (χ0n) is 11.2. The number of methoxy groups -OCH3 is 2. The first-order valence-corrected chi connectivity index (χ1v) is 6.25. The summed E-state index contributed by atoms with van der Waals surface area (Å²) in [4.78, 5) is 12.2. The topological polar surface area (TPSA) is 67.8 Å². The fourth-order valence-corrected chi connectivity index (χ4v) is 1.92. The van der Waals surface area contributed by atoms with E-state index in [1.807, 2.05) is 0 Å². The van der Waals surface area contributed by atoms with Crippen LogP contribution < -0.4 is 14.8 Å². The molecule has 1 aromatic rings. The Kier molecular flexibility index (Phi) is 3.95. The van der Waals surface area contributed by atoms with Crippen LogP contribution in [-0.4, -0.2) is 38.4 Å². The minimum absolute atomic E-state index is 0.109. The number of aliphatic hydroxyl groups excluding tert-OH is 1. The number of carbonyl (C=O) groups excluding carboxylic acids is 1. The lowest BCUT2D eigenvalue weighted by Crippen LogP contribution is -2.32. The van der Waals surface area contributed by atoms with Gasteiger partial charge in [-0.3, -0.25) is 4.79 Å². The van der Waals surface area contributed by atoms with Gasteiger partial charge in [-0.25, -0.2) is 0 Å². The molecular weight excluding hydrogens is 246 g/mol. The molecule has 0 heterocycles. The molecule has 1 aliphatic rings. The number of amides is 1. The zero-order valence-corrected chi connectivity index (χ0v) is 11.2. The van der Waals surface area contributed by atoms with Crippen molar-refractivity contribution in [2.75, 3.05) is 27.4 Å². The first-order valence-electron chi connectivity index (χ1n) is 6.25. The second-order valence-electron chi connectivity index (χ2n) is 4.91. The molecule has 0 bridgehead atoms. The van der Waals surface area contributed by atoms with Gasteiger partial charge in [-0.2, -0.15) is 0 Å². The van der Waals surface area contributed by atoms with Gasteiger partial charge in [-0.15, -0.1) is 0 Å². The smallest absolute Gasteiger partial charge is 0.255 e. The fraction of sp³-hybridized carbons (Fsp3) is 0.500. The van der Waals surface area contributed by atoms with Gasteiger partial charge in [0.15, 0.2) is 0 Å². The van der Waals surface area contributed by atoms with Crippen molar-refractivity contribution in [3.8, 4) is 11.5 Å². The van der Waals surface area contributed by atoms with E-state index in [2.05, 4.69) is 5.32 Å². The quantitative estimate of drug-likeness (QED) is 0.811. The molecule has 1 saturated carbocycles.